The SMILES string of the molecule is C#CC1CC(=O)N(c2nc(C)nc(OC)n2)C1. The fourth-order valence-corrected chi connectivity index (χ4v) is 1.67. The molecule has 0 bridgehead atoms. The van der Waals surface area contributed by atoms with Crippen molar-refractivity contribution in [2.45, 2.75) is 13.3 Å². The van der Waals surface area contributed by atoms with Gasteiger partial charge in [-0.1, -0.05) is 0 Å². The van der Waals surface area contributed by atoms with Crippen molar-refractivity contribution >= 4 is 11.9 Å². The lowest BCUT2D eigenvalue weighted by atomic mass is 10.1. The van der Waals surface area contributed by atoms with Gasteiger partial charge in [-0.25, -0.2) is 0 Å². The van der Waals surface area contributed by atoms with Crippen molar-refractivity contribution in [3.63, 3.8) is 0 Å². The van der Waals surface area contributed by atoms with Gasteiger partial charge in [-0.2, -0.15) is 15.0 Å². The first kappa shape index (κ1) is 11.3. The monoisotopic (exact) mass is 232 g/mol. The van der Waals surface area contributed by atoms with E-state index in [2.05, 4.69) is 20.9 Å². The minimum absolute atomic E-state index is 0.0689. The molecule has 2 rings (SSSR count). The third-order valence-electron chi connectivity index (χ3n) is 2.50. The molecule has 1 aliphatic rings. The van der Waals surface area contributed by atoms with Crippen LogP contribution in [0.3, 0.4) is 0 Å². The summed E-state index contributed by atoms with van der Waals surface area (Å²) in [5.74, 6) is 3.23. The van der Waals surface area contributed by atoms with E-state index in [4.69, 9.17) is 11.2 Å². The molecule has 88 valence electrons. The Labute approximate surface area is 99.0 Å². The van der Waals surface area contributed by atoms with Crippen molar-refractivity contribution in [2.24, 2.45) is 5.92 Å². The number of carbonyl (C=O) groups excluding carboxylic acids is 1. The van der Waals surface area contributed by atoms with E-state index in [0.717, 1.165) is 0 Å². The standard InChI is InChI=1S/C11H12N4O2/c1-4-8-5-9(16)15(6-8)10-12-7(2)13-11(14-10)17-3/h1,8H,5-6H2,2-3H3. The average Bonchev–Trinajstić information content (AvgIpc) is 2.69. The van der Waals surface area contributed by atoms with Gasteiger partial charge in [-0.3, -0.25) is 9.69 Å². The summed E-state index contributed by atoms with van der Waals surface area (Å²) in [4.78, 5) is 25.3. The molecular formula is C11H12N4O2. The van der Waals surface area contributed by atoms with Crippen LogP contribution in [0.25, 0.3) is 0 Å². The summed E-state index contributed by atoms with van der Waals surface area (Å²) in [6.45, 7) is 2.16. The van der Waals surface area contributed by atoms with Gasteiger partial charge in [0, 0.05) is 18.9 Å². The summed E-state index contributed by atoms with van der Waals surface area (Å²) in [5, 5.41) is 0. The number of ether oxygens (including phenoxy) is 1. The van der Waals surface area contributed by atoms with Crippen molar-refractivity contribution in [1.82, 2.24) is 15.0 Å². The van der Waals surface area contributed by atoms with Gasteiger partial charge in [0.1, 0.15) is 5.82 Å². The lowest BCUT2D eigenvalue weighted by Gasteiger charge is -2.14. The van der Waals surface area contributed by atoms with Crippen molar-refractivity contribution in [2.75, 3.05) is 18.6 Å². The van der Waals surface area contributed by atoms with E-state index in [1.165, 1.54) is 12.0 Å². The van der Waals surface area contributed by atoms with Crippen molar-refractivity contribution in [1.29, 1.82) is 0 Å². The van der Waals surface area contributed by atoms with Crippen LogP contribution in [0.15, 0.2) is 0 Å². The molecule has 1 aromatic heterocycles. The Morgan fingerprint density at radius 2 is 2.24 bits per heavy atom. The molecule has 0 saturated carbocycles. The molecule has 2 heterocycles. The van der Waals surface area contributed by atoms with E-state index >= 15 is 0 Å². The summed E-state index contributed by atoms with van der Waals surface area (Å²) in [5.41, 5.74) is 0. The molecule has 1 saturated heterocycles. The third kappa shape index (κ3) is 2.18. The molecule has 1 amide bonds. The summed E-state index contributed by atoms with van der Waals surface area (Å²) >= 11 is 0. The summed E-state index contributed by atoms with van der Waals surface area (Å²) in [6.07, 6.45) is 5.65. The van der Waals surface area contributed by atoms with Crippen LogP contribution in [0.5, 0.6) is 6.01 Å². The van der Waals surface area contributed by atoms with Crippen LogP contribution in [-0.4, -0.2) is 34.5 Å². The van der Waals surface area contributed by atoms with Gasteiger partial charge in [0.05, 0.1) is 7.11 Å². The maximum atomic E-state index is 11.7. The summed E-state index contributed by atoms with van der Waals surface area (Å²) in [6, 6.07) is 0.199. The van der Waals surface area contributed by atoms with Crippen LogP contribution in [-0.2, 0) is 4.79 Å². The molecule has 0 aliphatic carbocycles. The molecule has 1 aromatic rings. The van der Waals surface area contributed by atoms with Crippen LogP contribution in [0.2, 0.25) is 0 Å². The van der Waals surface area contributed by atoms with Crippen molar-refractivity contribution in [3.05, 3.63) is 5.82 Å². The Morgan fingerprint density at radius 3 is 2.82 bits per heavy atom. The number of amides is 1. The molecule has 1 fully saturated rings. The van der Waals surface area contributed by atoms with E-state index in [1.807, 2.05) is 0 Å². The van der Waals surface area contributed by atoms with Gasteiger partial charge in [0.2, 0.25) is 11.9 Å². The second-order valence-corrected chi connectivity index (χ2v) is 3.74. The fourth-order valence-electron chi connectivity index (χ4n) is 1.67. The predicted octanol–water partition coefficient (Wildman–Crippen LogP) is 0.175. The quantitative estimate of drug-likeness (QED) is 0.680. The molecule has 1 atom stereocenters. The van der Waals surface area contributed by atoms with Crippen LogP contribution in [0.4, 0.5) is 5.95 Å². The van der Waals surface area contributed by atoms with Crippen LogP contribution >= 0.6 is 0 Å². The Hall–Kier alpha value is -2.16. The van der Waals surface area contributed by atoms with E-state index in [-0.39, 0.29) is 17.8 Å². The fraction of sp³-hybridized carbons (Fsp3) is 0.455. The molecule has 0 radical (unpaired) electrons. The minimum atomic E-state index is -0.0782. The second-order valence-electron chi connectivity index (χ2n) is 3.74. The first-order valence-corrected chi connectivity index (χ1v) is 5.17. The van der Waals surface area contributed by atoms with Crippen LogP contribution in [0.1, 0.15) is 12.2 Å². The highest BCUT2D eigenvalue weighted by Gasteiger charge is 2.31. The van der Waals surface area contributed by atoms with Crippen LogP contribution < -0.4 is 9.64 Å². The number of hydrogen-bond acceptors (Lipinski definition) is 5. The smallest absolute Gasteiger partial charge is 0.321 e. The normalized spacial score (nSPS) is 19.2. The molecule has 0 spiro atoms. The van der Waals surface area contributed by atoms with Crippen molar-refractivity contribution < 1.29 is 9.53 Å². The van der Waals surface area contributed by atoms with Gasteiger partial charge < -0.3 is 4.74 Å². The highest BCUT2D eigenvalue weighted by molar-refractivity contribution is 5.94. The third-order valence-corrected chi connectivity index (χ3v) is 2.50. The average molecular weight is 232 g/mol. The predicted molar refractivity (Wildman–Crippen MR) is 60.4 cm³/mol. The molecular weight excluding hydrogens is 220 g/mol. The van der Waals surface area contributed by atoms with Crippen LogP contribution in [0, 0.1) is 25.2 Å². The van der Waals surface area contributed by atoms with Crippen molar-refractivity contribution in [3.8, 4) is 18.4 Å². The number of methoxy groups -OCH3 is 1. The highest BCUT2D eigenvalue weighted by Crippen LogP contribution is 2.22. The van der Waals surface area contributed by atoms with Gasteiger partial charge in [-0.05, 0) is 6.92 Å². The first-order valence-electron chi connectivity index (χ1n) is 5.17. The number of aromatic nitrogens is 3. The first-order chi connectivity index (χ1) is 8.13. The van der Waals surface area contributed by atoms with Gasteiger partial charge >= 0.3 is 6.01 Å². The number of terminal acetylenes is 1. The second kappa shape index (κ2) is 4.37. The zero-order valence-corrected chi connectivity index (χ0v) is 9.67. The Balaban J connectivity index is 2.32. The number of hydrogen-bond donors (Lipinski definition) is 0. The number of nitrogens with zero attached hydrogens (tertiary/aromatic N) is 4. The molecule has 0 aromatic carbocycles. The minimum Gasteiger partial charge on any atom is -0.467 e. The molecule has 0 N–H and O–H groups in total. The molecule has 6 heteroatoms. The summed E-state index contributed by atoms with van der Waals surface area (Å²) in [7, 11) is 1.47. The molecule has 1 unspecified atom stereocenters. The Bertz CT molecular complexity index is 495. The topological polar surface area (TPSA) is 68.2 Å². The maximum absolute atomic E-state index is 11.7. The van der Waals surface area contributed by atoms with E-state index < -0.39 is 0 Å². The number of rotatable bonds is 2. The number of anilines is 1. The van der Waals surface area contributed by atoms with E-state index in [9.17, 15) is 4.79 Å². The van der Waals surface area contributed by atoms with Gasteiger partial charge in [-0.15, -0.1) is 12.3 Å². The van der Waals surface area contributed by atoms with E-state index in [0.29, 0.717) is 24.7 Å². The largest absolute Gasteiger partial charge is 0.467 e. The van der Waals surface area contributed by atoms with Gasteiger partial charge in [0.25, 0.3) is 0 Å². The van der Waals surface area contributed by atoms with E-state index in [1.54, 1.807) is 6.92 Å². The number of carbonyl (C=O) groups is 1. The Morgan fingerprint density at radius 1 is 1.47 bits per heavy atom. The van der Waals surface area contributed by atoms with Gasteiger partial charge in [0.15, 0.2) is 0 Å². The zero-order valence-electron chi connectivity index (χ0n) is 9.67. The highest BCUT2D eigenvalue weighted by atomic mass is 16.5. The number of aryl methyl sites for hydroxylation is 1. The Kier molecular flexibility index (Phi) is 2.91. The molecule has 1 aliphatic heterocycles. The summed E-state index contributed by atoms with van der Waals surface area (Å²) < 4.78 is 4.94. The molecule has 6 nitrogen and oxygen atoms in total. The maximum Gasteiger partial charge on any atom is 0.321 e. The zero-order chi connectivity index (χ0) is 12.4. The molecule has 17 heavy (non-hydrogen) atoms. The lowest BCUT2D eigenvalue weighted by molar-refractivity contribution is -0.117. The lowest BCUT2D eigenvalue weighted by Crippen LogP contribution is -2.27.